The van der Waals surface area contributed by atoms with E-state index in [1.807, 2.05) is 24.8 Å². The van der Waals surface area contributed by atoms with E-state index in [0.717, 1.165) is 45.9 Å². The Bertz CT molecular complexity index is 1740. The van der Waals surface area contributed by atoms with Gasteiger partial charge in [0.15, 0.2) is 0 Å². The summed E-state index contributed by atoms with van der Waals surface area (Å²) in [5.41, 5.74) is 12.9. The van der Waals surface area contributed by atoms with E-state index in [4.69, 9.17) is 4.98 Å². The second kappa shape index (κ2) is 5.35. The quantitative estimate of drug-likeness (QED) is 0.315. The van der Waals surface area contributed by atoms with Crippen molar-refractivity contribution in [1.29, 1.82) is 0 Å². The van der Waals surface area contributed by atoms with Gasteiger partial charge in [0, 0.05) is 52.9 Å². The summed E-state index contributed by atoms with van der Waals surface area (Å²) in [6.45, 7) is 0. The van der Waals surface area contributed by atoms with Crippen molar-refractivity contribution >= 4 is 27.3 Å². The standard InChI is InChI=1S/C27H16N4/c1-2-4-17-15(3-1)11-16-5-6-18-20(25(16)17)12-23-26(18)31-24-8-10-29-14-22(24)21-13-28-9-7-19(21)27(31)30-23/h1-10,13-14H,11-12H2. The highest BCUT2D eigenvalue weighted by atomic mass is 15.0. The zero-order valence-corrected chi connectivity index (χ0v) is 16.6. The lowest BCUT2D eigenvalue weighted by molar-refractivity contribution is 1.16. The molecule has 0 spiro atoms. The molecule has 8 rings (SSSR count). The number of fused-ring (bicyclic) bond motifs is 14. The molecule has 4 aromatic heterocycles. The average Bonchev–Trinajstić information content (AvgIpc) is 3.48. The summed E-state index contributed by atoms with van der Waals surface area (Å²) in [6, 6.07) is 17.6. The van der Waals surface area contributed by atoms with Crippen LogP contribution in [0.1, 0.15) is 22.4 Å². The molecule has 0 saturated heterocycles. The Morgan fingerprint density at radius 1 is 0.710 bits per heavy atom. The molecule has 2 aromatic carbocycles. The van der Waals surface area contributed by atoms with Crippen molar-refractivity contribution in [2.75, 3.05) is 0 Å². The van der Waals surface area contributed by atoms with Crippen LogP contribution in [0.15, 0.2) is 73.3 Å². The summed E-state index contributed by atoms with van der Waals surface area (Å²) >= 11 is 0. The van der Waals surface area contributed by atoms with E-state index >= 15 is 0 Å². The highest BCUT2D eigenvalue weighted by Crippen LogP contribution is 2.48. The molecule has 4 heteroatoms. The largest absolute Gasteiger partial charge is 0.291 e. The van der Waals surface area contributed by atoms with Crippen LogP contribution in [0.2, 0.25) is 0 Å². The van der Waals surface area contributed by atoms with Gasteiger partial charge >= 0.3 is 0 Å². The van der Waals surface area contributed by atoms with Gasteiger partial charge in [-0.2, -0.15) is 0 Å². The molecule has 0 saturated carbocycles. The van der Waals surface area contributed by atoms with Crippen molar-refractivity contribution < 1.29 is 0 Å². The molecule has 2 aliphatic carbocycles. The maximum atomic E-state index is 5.18. The van der Waals surface area contributed by atoms with Crippen LogP contribution in [0.4, 0.5) is 0 Å². The minimum absolute atomic E-state index is 0.878. The van der Waals surface area contributed by atoms with Gasteiger partial charge in [-0.15, -0.1) is 0 Å². The van der Waals surface area contributed by atoms with Crippen molar-refractivity contribution in [3.8, 4) is 22.4 Å². The first kappa shape index (κ1) is 15.7. The molecular weight excluding hydrogens is 380 g/mol. The number of hydrogen-bond acceptors (Lipinski definition) is 3. The molecule has 4 heterocycles. The lowest BCUT2D eigenvalue weighted by atomic mass is 9.96. The van der Waals surface area contributed by atoms with Crippen molar-refractivity contribution in [1.82, 2.24) is 19.4 Å². The Morgan fingerprint density at radius 2 is 1.58 bits per heavy atom. The van der Waals surface area contributed by atoms with Gasteiger partial charge in [0.25, 0.3) is 0 Å². The third-order valence-electron chi connectivity index (χ3n) is 7.01. The normalized spacial score (nSPS) is 13.5. The summed E-state index contributed by atoms with van der Waals surface area (Å²) in [5, 5.41) is 3.33. The molecule has 0 unspecified atom stereocenters. The number of aromatic nitrogens is 4. The van der Waals surface area contributed by atoms with Crippen molar-refractivity contribution in [3.05, 3.63) is 95.7 Å². The predicted octanol–water partition coefficient (Wildman–Crippen LogP) is 5.57. The molecule has 0 atom stereocenters. The highest BCUT2D eigenvalue weighted by molar-refractivity contribution is 6.12. The van der Waals surface area contributed by atoms with E-state index < -0.39 is 0 Å². The van der Waals surface area contributed by atoms with Crippen LogP contribution in [0.3, 0.4) is 0 Å². The lowest BCUT2D eigenvalue weighted by Crippen LogP contribution is -1.96. The lowest BCUT2D eigenvalue weighted by Gasteiger charge is -2.12. The Balaban J connectivity index is 1.53. The molecule has 6 aromatic rings. The molecule has 0 N–H and O–H groups in total. The summed E-state index contributed by atoms with van der Waals surface area (Å²) in [6.07, 6.45) is 9.49. The molecule has 0 fully saturated rings. The Labute approximate surface area is 177 Å². The van der Waals surface area contributed by atoms with E-state index in [-0.39, 0.29) is 0 Å². The van der Waals surface area contributed by atoms with E-state index in [1.165, 1.54) is 39.1 Å². The van der Waals surface area contributed by atoms with Crippen LogP contribution < -0.4 is 0 Å². The number of pyridine rings is 3. The summed E-state index contributed by atoms with van der Waals surface area (Å²) in [4.78, 5) is 14.0. The zero-order valence-electron chi connectivity index (χ0n) is 16.6. The minimum Gasteiger partial charge on any atom is -0.291 e. The van der Waals surface area contributed by atoms with E-state index in [9.17, 15) is 0 Å². The number of rotatable bonds is 0. The predicted molar refractivity (Wildman–Crippen MR) is 122 cm³/mol. The fraction of sp³-hybridized carbons (Fsp3) is 0.0741. The third-order valence-corrected chi connectivity index (χ3v) is 7.01. The number of nitrogens with zero attached hydrogens (tertiary/aromatic N) is 4. The van der Waals surface area contributed by atoms with Gasteiger partial charge in [0.2, 0.25) is 0 Å². The smallest absolute Gasteiger partial charge is 0.146 e. The van der Waals surface area contributed by atoms with Crippen LogP contribution in [0.25, 0.3) is 49.7 Å². The van der Waals surface area contributed by atoms with E-state index in [1.54, 1.807) is 0 Å². The average molecular weight is 396 g/mol. The third kappa shape index (κ3) is 1.84. The van der Waals surface area contributed by atoms with Gasteiger partial charge in [-0.1, -0.05) is 36.4 Å². The molecule has 31 heavy (non-hydrogen) atoms. The van der Waals surface area contributed by atoms with Crippen LogP contribution in [-0.4, -0.2) is 19.4 Å². The molecule has 0 radical (unpaired) electrons. The Hall–Kier alpha value is -4.05. The Morgan fingerprint density at radius 3 is 2.55 bits per heavy atom. The first-order valence-corrected chi connectivity index (χ1v) is 10.6. The Kier molecular flexibility index (Phi) is 2.72. The van der Waals surface area contributed by atoms with E-state index in [0.29, 0.717) is 0 Å². The van der Waals surface area contributed by atoms with Crippen molar-refractivity contribution in [3.63, 3.8) is 0 Å². The molecule has 2 aliphatic rings. The molecule has 0 amide bonds. The van der Waals surface area contributed by atoms with Gasteiger partial charge < -0.3 is 0 Å². The van der Waals surface area contributed by atoms with Gasteiger partial charge in [-0.25, -0.2) is 4.98 Å². The summed E-state index contributed by atoms with van der Waals surface area (Å²) in [7, 11) is 0. The molecule has 4 nitrogen and oxygen atoms in total. The van der Waals surface area contributed by atoms with Gasteiger partial charge in [-0.05, 0) is 46.4 Å². The number of hydrogen-bond donors (Lipinski definition) is 0. The summed E-state index contributed by atoms with van der Waals surface area (Å²) < 4.78 is 2.34. The first-order valence-electron chi connectivity index (χ1n) is 10.6. The number of imidazole rings is 1. The van der Waals surface area contributed by atoms with Gasteiger partial charge in [0.05, 0.1) is 16.9 Å². The highest BCUT2D eigenvalue weighted by Gasteiger charge is 2.32. The van der Waals surface area contributed by atoms with Crippen LogP contribution in [0.5, 0.6) is 0 Å². The molecule has 0 aliphatic heterocycles. The van der Waals surface area contributed by atoms with Crippen molar-refractivity contribution in [2.45, 2.75) is 12.8 Å². The van der Waals surface area contributed by atoms with Crippen LogP contribution >= 0.6 is 0 Å². The first-order chi connectivity index (χ1) is 15.4. The maximum Gasteiger partial charge on any atom is 0.146 e. The molecular formula is C27H16N4. The van der Waals surface area contributed by atoms with E-state index in [2.05, 4.69) is 62.9 Å². The maximum absolute atomic E-state index is 5.18. The topological polar surface area (TPSA) is 43.1 Å². The molecule has 0 bridgehead atoms. The SMILES string of the molecule is c1ccc2c(c1)Cc1ccc3c(c1-2)Cc1nc2c4ccncc4c4cnccc4n2c1-3. The van der Waals surface area contributed by atoms with Crippen LogP contribution in [0, 0.1) is 0 Å². The fourth-order valence-electron chi connectivity index (χ4n) is 5.75. The monoisotopic (exact) mass is 396 g/mol. The summed E-state index contributed by atoms with van der Waals surface area (Å²) in [5.74, 6) is 0. The van der Waals surface area contributed by atoms with Crippen LogP contribution in [-0.2, 0) is 12.8 Å². The van der Waals surface area contributed by atoms with Gasteiger partial charge in [-0.3, -0.25) is 14.4 Å². The number of benzene rings is 2. The minimum atomic E-state index is 0.878. The zero-order chi connectivity index (χ0) is 20.1. The fourth-order valence-corrected chi connectivity index (χ4v) is 5.75. The van der Waals surface area contributed by atoms with Gasteiger partial charge in [0.1, 0.15) is 5.65 Å². The van der Waals surface area contributed by atoms with Crippen molar-refractivity contribution in [2.24, 2.45) is 0 Å². The second-order valence-electron chi connectivity index (χ2n) is 8.52. The second-order valence-corrected chi connectivity index (χ2v) is 8.52. The molecule has 144 valence electrons.